The summed E-state index contributed by atoms with van der Waals surface area (Å²) in [6, 6.07) is 6.97. The third kappa shape index (κ3) is 3.51. The van der Waals surface area contributed by atoms with E-state index in [1.807, 2.05) is 17.7 Å². The van der Waals surface area contributed by atoms with Crippen LogP contribution in [0, 0.1) is 6.92 Å². The number of fused-ring (bicyclic) bond motifs is 1. The number of nitrogens with one attached hydrogen (secondary N) is 1. The van der Waals surface area contributed by atoms with E-state index in [4.69, 9.17) is 8.83 Å². The number of hydrogen-bond acceptors (Lipinski definition) is 5. The van der Waals surface area contributed by atoms with E-state index in [9.17, 15) is 9.59 Å². The first kappa shape index (κ1) is 17.1. The van der Waals surface area contributed by atoms with E-state index in [0.717, 1.165) is 11.3 Å². The molecule has 2 amide bonds. The third-order valence-corrected chi connectivity index (χ3v) is 4.69. The van der Waals surface area contributed by atoms with Crippen molar-refractivity contribution < 1.29 is 18.4 Å². The summed E-state index contributed by atoms with van der Waals surface area (Å²) in [6.45, 7) is 2.99. The minimum atomic E-state index is -0.237. The van der Waals surface area contributed by atoms with Crippen molar-refractivity contribution in [3.63, 3.8) is 0 Å². The highest BCUT2D eigenvalue weighted by Gasteiger charge is 2.32. The topological polar surface area (TPSA) is 93.5 Å². The highest BCUT2D eigenvalue weighted by Crippen LogP contribution is 2.25. The van der Waals surface area contributed by atoms with Gasteiger partial charge >= 0.3 is 0 Å². The molecular formula is C19H20N4O4. The van der Waals surface area contributed by atoms with Gasteiger partial charge in [0.2, 0.25) is 5.91 Å². The summed E-state index contributed by atoms with van der Waals surface area (Å²) in [6.07, 6.45) is 4.99. The molecule has 0 bridgehead atoms. The summed E-state index contributed by atoms with van der Waals surface area (Å²) >= 11 is 0. The number of hydrogen-bond donors (Lipinski definition) is 1. The van der Waals surface area contributed by atoms with E-state index < -0.39 is 0 Å². The number of carbonyl (C=O) groups is 2. The lowest BCUT2D eigenvalue weighted by molar-refractivity contribution is -0.122. The van der Waals surface area contributed by atoms with Crippen molar-refractivity contribution in [2.24, 2.45) is 0 Å². The zero-order chi connectivity index (χ0) is 18.8. The standard InChI is InChI=1S/C19H20N4O4/c1-13-5-8-27-18(13)19(25)22-11-14-4-6-21-23(14)15(12-22)9-17(24)20-10-16-3-2-7-26-16/h2-8,15H,9-12H2,1H3,(H,20,24)/t15-/m0/s1. The number of aromatic nitrogens is 2. The minimum absolute atomic E-state index is 0.124. The van der Waals surface area contributed by atoms with Crippen LogP contribution in [-0.4, -0.2) is 33.0 Å². The molecule has 0 spiro atoms. The molecular weight excluding hydrogens is 348 g/mol. The second-order valence-electron chi connectivity index (χ2n) is 6.60. The van der Waals surface area contributed by atoms with Crippen molar-refractivity contribution in [1.29, 1.82) is 0 Å². The molecule has 0 unspecified atom stereocenters. The smallest absolute Gasteiger partial charge is 0.290 e. The molecule has 1 aliphatic rings. The SMILES string of the molecule is Cc1ccoc1C(=O)N1Cc2ccnn2[C@@H](CC(=O)NCc2ccco2)C1. The number of carbonyl (C=O) groups excluding carboxylic acids is 2. The van der Waals surface area contributed by atoms with Crippen LogP contribution in [0.25, 0.3) is 0 Å². The van der Waals surface area contributed by atoms with Crippen molar-refractivity contribution in [2.45, 2.75) is 32.5 Å². The Bertz CT molecular complexity index is 941. The quantitative estimate of drug-likeness (QED) is 0.746. The Kier molecular flexibility index (Phi) is 4.53. The summed E-state index contributed by atoms with van der Waals surface area (Å²) in [7, 11) is 0. The molecule has 3 aromatic rings. The number of nitrogens with zero attached hydrogens (tertiary/aromatic N) is 3. The maximum Gasteiger partial charge on any atom is 0.290 e. The van der Waals surface area contributed by atoms with Gasteiger partial charge in [0.25, 0.3) is 5.91 Å². The molecule has 1 atom stereocenters. The average Bonchev–Trinajstić information content (AvgIpc) is 3.40. The van der Waals surface area contributed by atoms with Crippen molar-refractivity contribution in [3.05, 3.63) is 65.8 Å². The van der Waals surface area contributed by atoms with Gasteiger partial charge in [0, 0.05) is 18.3 Å². The van der Waals surface area contributed by atoms with E-state index in [-0.39, 0.29) is 24.3 Å². The lowest BCUT2D eigenvalue weighted by Gasteiger charge is -2.33. The van der Waals surface area contributed by atoms with Crippen LogP contribution in [0.5, 0.6) is 0 Å². The van der Waals surface area contributed by atoms with Crippen molar-refractivity contribution >= 4 is 11.8 Å². The Morgan fingerprint density at radius 3 is 2.89 bits per heavy atom. The summed E-state index contributed by atoms with van der Waals surface area (Å²) in [5.41, 5.74) is 1.69. The Morgan fingerprint density at radius 2 is 2.15 bits per heavy atom. The van der Waals surface area contributed by atoms with Gasteiger partial charge in [-0.1, -0.05) is 0 Å². The molecule has 140 valence electrons. The predicted octanol–water partition coefficient (Wildman–Crippen LogP) is 2.28. The number of amides is 2. The van der Waals surface area contributed by atoms with Gasteiger partial charge in [-0.3, -0.25) is 14.3 Å². The summed E-state index contributed by atoms with van der Waals surface area (Å²) in [5.74, 6) is 0.730. The Hall–Kier alpha value is -3.29. The lowest BCUT2D eigenvalue weighted by Crippen LogP contribution is -2.43. The van der Waals surface area contributed by atoms with Crippen molar-refractivity contribution in [3.8, 4) is 0 Å². The minimum Gasteiger partial charge on any atom is -0.467 e. The maximum absolute atomic E-state index is 12.8. The van der Waals surface area contributed by atoms with Crippen LogP contribution in [0.3, 0.4) is 0 Å². The first-order chi connectivity index (χ1) is 13.1. The molecule has 0 saturated carbocycles. The largest absolute Gasteiger partial charge is 0.467 e. The van der Waals surface area contributed by atoms with Crippen LogP contribution in [0.15, 0.2) is 51.8 Å². The molecule has 27 heavy (non-hydrogen) atoms. The van der Waals surface area contributed by atoms with Gasteiger partial charge < -0.3 is 19.1 Å². The van der Waals surface area contributed by atoms with Crippen molar-refractivity contribution in [1.82, 2.24) is 20.0 Å². The second-order valence-corrected chi connectivity index (χ2v) is 6.60. The molecule has 1 N–H and O–H groups in total. The molecule has 1 aliphatic heterocycles. The van der Waals surface area contributed by atoms with Gasteiger partial charge in [0.1, 0.15) is 5.76 Å². The molecule has 3 aromatic heterocycles. The van der Waals surface area contributed by atoms with E-state index in [1.54, 1.807) is 35.6 Å². The molecule has 0 radical (unpaired) electrons. The number of aryl methyl sites for hydroxylation is 1. The highest BCUT2D eigenvalue weighted by molar-refractivity contribution is 5.93. The third-order valence-electron chi connectivity index (χ3n) is 4.69. The van der Waals surface area contributed by atoms with Crippen LogP contribution in [-0.2, 0) is 17.9 Å². The van der Waals surface area contributed by atoms with Gasteiger partial charge in [0.15, 0.2) is 5.76 Å². The highest BCUT2D eigenvalue weighted by atomic mass is 16.3. The molecule has 8 heteroatoms. The summed E-state index contributed by atoms with van der Waals surface area (Å²) < 4.78 is 12.4. The fourth-order valence-corrected chi connectivity index (χ4v) is 3.31. The van der Waals surface area contributed by atoms with Crippen LogP contribution < -0.4 is 5.32 Å². The normalized spacial score (nSPS) is 16.2. The van der Waals surface area contributed by atoms with E-state index in [1.165, 1.54) is 6.26 Å². The van der Waals surface area contributed by atoms with Crippen LogP contribution >= 0.6 is 0 Å². The lowest BCUT2D eigenvalue weighted by atomic mass is 10.1. The second kappa shape index (κ2) is 7.14. The average molecular weight is 368 g/mol. The first-order valence-electron chi connectivity index (χ1n) is 8.76. The predicted molar refractivity (Wildman–Crippen MR) is 94.6 cm³/mol. The van der Waals surface area contributed by atoms with E-state index in [0.29, 0.717) is 31.2 Å². The van der Waals surface area contributed by atoms with Gasteiger partial charge in [-0.25, -0.2) is 0 Å². The number of rotatable bonds is 5. The molecule has 4 rings (SSSR count). The fraction of sp³-hybridized carbons (Fsp3) is 0.316. The van der Waals surface area contributed by atoms with Crippen LogP contribution in [0.1, 0.15) is 40.0 Å². The maximum atomic E-state index is 12.8. The molecule has 4 heterocycles. The zero-order valence-electron chi connectivity index (χ0n) is 14.9. The number of furan rings is 2. The monoisotopic (exact) mass is 368 g/mol. The van der Waals surface area contributed by atoms with Gasteiger partial charge in [-0.05, 0) is 31.2 Å². The first-order valence-corrected chi connectivity index (χ1v) is 8.76. The Balaban J connectivity index is 1.46. The van der Waals surface area contributed by atoms with Gasteiger partial charge in [-0.15, -0.1) is 0 Å². The van der Waals surface area contributed by atoms with Crippen LogP contribution in [0.4, 0.5) is 0 Å². The van der Waals surface area contributed by atoms with Gasteiger partial charge in [-0.2, -0.15) is 5.10 Å². The fourth-order valence-electron chi connectivity index (χ4n) is 3.31. The van der Waals surface area contributed by atoms with E-state index in [2.05, 4.69) is 10.4 Å². The van der Waals surface area contributed by atoms with Gasteiger partial charge in [0.05, 0.1) is 43.8 Å². The summed E-state index contributed by atoms with van der Waals surface area (Å²) in [4.78, 5) is 26.9. The Labute approximate surface area is 155 Å². The zero-order valence-corrected chi connectivity index (χ0v) is 14.9. The molecule has 0 saturated heterocycles. The summed E-state index contributed by atoms with van der Waals surface area (Å²) in [5, 5.41) is 7.17. The Morgan fingerprint density at radius 1 is 1.26 bits per heavy atom. The molecule has 0 aliphatic carbocycles. The van der Waals surface area contributed by atoms with Crippen molar-refractivity contribution in [2.75, 3.05) is 6.54 Å². The molecule has 0 aromatic carbocycles. The van der Waals surface area contributed by atoms with E-state index >= 15 is 0 Å². The molecule has 0 fully saturated rings. The molecule has 8 nitrogen and oxygen atoms in total. The van der Waals surface area contributed by atoms with Crippen LogP contribution in [0.2, 0.25) is 0 Å².